The van der Waals surface area contributed by atoms with Crippen molar-refractivity contribution in [2.24, 2.45) is 0 Å². The van der Waals surface area contributed by atoms with E-state index >= 15 is 0 Å². The summed E-state index contributed by atoms with van der Waals surface area (Å²) < 4.78 is 0. The molecule has 2 aromatic rings. The molecule has 1 saturated carbocycles. The van der Waals surface area contributed by atoms with Crippen LogP contribution >= 0.6 is 11.6 Å². The van der Waals surface area contributed by atoms with Gasteiger partial charge in [-0.1, -0.05) is 48.7 Å². The first-order chi connectivity index (χ1) is 13.9. The minimum Gasteiger partial charge on any atom is -0.507 e. The fourth-order valence-corrected chi connectivity index (χ4v) is 4.38. The smallest absolute Gasteiger partial charge is 0.258 e. The van der Waals surface area contributed by atoms with Gasteiger partial charge in [0, 0.05) is 25.1 Å². The van der Waals surface area contributed by atoms with E-state index in [1.807, 2.05) is 24.3 Å². The van der Waals surface area contributed by atoms with E-state index in [1.165, 1.54) is 11.0 Å². The molecule has 1 aliphatic heterocycles. The maximum atomic E-state index is 13.3. The first-order valence-corrected chi connectivity index (χ1v) is 10.2. The summed E-state index contributed by atoms with van der Waals surface area (Å²) in [5.74, 6) is -1.35. The van der Waals surface area contributed by atoms with Crippen LogP contribution in [0.25, 0.3) is 0 Å². The Labute approximate surface area is 174 Å². The lowest BCUT2D eigenvalue weighted by molar-refractivity contribution is -0.126. The van der Waals surface area contributed by atoms with Crippen LogP contribution in [0.15, 0.2) is 36.4 Å². The Morgan fingerprint density at radius 1 is 1.03 bits per heavy atom. The van der Waals surface area contributed by atoms with Crippen LogP contribution in [-0.4, -0.2) is 39.0 Å². The predicted octanol–water partition coefficient (Wildman–Crippen LogP) is 3.38. The van der Waals surface area contributed by atoms with Gasteiger partial charge < -0.3 is 20.4 Å². The van der Waals surface area contributed by atoms with Crippen molar-refractivity contribution in [1.29, 1.82) is 0 Å². The quantitative estimate of drug-likeness (QED) is 0.718. The highest BCUT2D eigenvalue weighted by atomic mass is 35.5. The molecule has 1 heterocycles. The number of halogens is 1. The largest absolute Gasteiger partial charge is 0.507 e. The summed E-state index contributed by atoms with van der Waals surface area (Å²) in [6.07, 6.45) is 4.52. The molecule has 0 bridgehead atoms. The second-order valence-electron chi connectivity index (χ2n) is 7.73. The second kappa shape index (κ2) is 7.95. The first kappa shape index (κ1) is 19.6. The molecule has 3 N–H and O–H groups in total. The molecule has 6 nitrogen and oxygen atoms in total. The SMILES string of the molecule is O=C(NC1CCCC1)[C@@H]1Cc2ccccc2CN1C(=O)c1cc(Cl)c(O)cc1O. The molecule has 2 amide bonds. The van der Waals surface area contributed by atoms with E-state index in [9.17, 15) is 19.8 Å². The average molecular weight is 415 g/mol. The van der Waals surface area contributed by atoms with Gasteiger partial charge in [0.05, 0.1) is 10.6 Å². The van der Waals surface area contributed by atoms with Crippen molar-refractivity contribution in [3.63, 3.8) is 0 Å². The lowest BCUT2D eigenvalue weighted by atomic mass is 9.92. The van der Waals surface area contributed by atoms with Gasteiger partial charge in [0.15, 0.2) is 0 Å². The molecule has 2 aliphatic rings. The number of nitrogens with zero attached hydrogens (tertiary/aromatic N) is 1. The average Bonchev–Trinajstić information content (AvgIpc) is 3.22. The van der Waals surface area contributed by atoms with Gasteiger partial charge in [-0.05, 0) is 30.0 Å². The lowest BCUT2D eigenvalue weighted by Gasteiger charge is -2.36. The zero-order valence-electron chi connectivity index (χ0n) is 15.9. The Morgan fingerprint density at radius 2 is 1.72 bits per heavy atom. The van der Waals surface area contributed by atoms with Gasteiger partial charge in [-0.25, -0.2) is 0 Å². The minimum absolute atomic E-state index is 0.0319. The normalized spacial score (nSPS) is 19.1. The number of carbonyl (C=O) groups excluding carboxylic acids is 2. The summed E-state index contributed by atoms with van der Waals surface area (Å²) in [5.41, 5.74) is 1.97. The van der Waals surface area contributed by atoms with E-state index in [4.69, 9.17) is 11.6 Å². The van der Waals surface area contributed by atoms with Crippen LogP contribution in [0.5, 0.6) is 11.5 Å². The Kier molecular flexibility index (Phi) is 5.37. The van der Waals surface area contributed by atoms with Crippen molar-refractivity contribution < 1.29 is 19.8 Å². The van der Waals surface area contributed by atoms with Crippen molar-refractivity contribution in [3.8, 4) is 11.5 Å². The number of hydrogen-bond acceptors (Lipinski definition) is 4. The molecule has 152 valence electrons. The summed E-state index contributed by atoms with van der Waals surface area (Å²) in [5, 5.41) is 22.9. The van der Waals surface area contributed by atoms with Crippen molar-refractivity contribution in [3.05, 3.63) is 58.1 Å². The van der Waals surface area contributed by atoms with Gasteiger partial charge in [0.25, 0.3) is 5.91 Å². The van der Waals surface area contributed by atoms with E-state index in [1.54, 1.807) is 0 Å². The van der Waals surface area contributed by atoms with Gasteiger partial charge in [-0.3, -0.25) is 9.59 Å². The Bertz CT molecular complexity index is 956. The van der Waals surface area contributed by atoms with Gasteiger partial charge in [0.2, 0.25) is 5.91 Å². The number of fused-ring (bicyclic) bond motifs is 1. The van der Waals surface area contributed by atoms with E-state index in [-0.39, 0.29) is 40.6 Å². The number of hydrogen-bond donors (Lipinski definition) is 3. The van der Waals surface area contributed by atoms with Crippen molar-refractivity contribution in [2.45, 2.75) is 50.7 Å². The van der Waals surface area contributed by atoms with Crippen LogP contribution in [-0.2, 0) is 17.8 Å². The minimum atomic E-state index is -0.676. The highest BCUT2D eigenvalue weighted by molar-refractivity contribution is 6.32. The fourth-order valence-electron chi connectivity index (χ4n) is 4.22. The Hall–Kier alpha value is -2.73. The third kappa shape index (κ3) is 3.90. The van der Waals surface area contributed by atoms with Crippen LogP contribution in [0.2, 0.25) is 5.02 Å². The monoisotopic (exact) mass is 414 g/mol. The molecule has 1 aliphatic carbocycles. The number of phenols is 2. The molecule has 0 unspecified atom stereocenters. The third-order valence-electron chi connectivity index (χ3n) is 5.81. The number of carbonyl (C=O) groups is 2. The number of rotatable bonds is 3. The Morgan fingerprint density at radius 3 is 2.45 bits per heavy atom. The Balaban J connectivity index is 1.66. The van der Waals surface area contributed by atoms with Crippen molar-refractivity contribution >= 4 is 23.4 Å². The highest BCUT2D eigenvalue weighted by Gasteiger charge is 2.37. The standard InChI is InChI=1S/C22H23ClN2O4/c23-17-10-16(19(26)11-20(17)27)22(29)25-12-14-6-2-1-5-13(14)9-18(25)21(28)24-15-7-3-4-8-15/h1-2,5-6,10-11,15,18,26-27H,3-4,7-9,12H2,(H,24,28)/t18-/m0/s1. The summed E-state index contributed by atoms with van der Waals surface area (Å²) in [6, 6.07) is 9.48. The molecule has 0 radical (unpaired) electrons. The van der Waals surface area contributed by atoms with E-state index in [2.05, 4.69) is 5.32 Å². The maximum Gasteiger partial charge on any atom is 0.258 e. The third-order valence-corrected chi connectivity index (χ3v) is 6.11. The summed E-state index contributed by atoms with van der Waals surface area (Å²) in [6.45, 7) is 0.260. The molecule has 2 aromatic carbocycles. The van der Waals surface area contributed by atoms with Gasteiger partial charge in [-0.15, -0.1) is 0 Å². The number of benzene rings is 2. The molecular formula is C22H23ClN2O4. The molecule has 7 heteroatoms. The number of aromatic hydroxyl groups is 2. The second-order valence-corrected chi connectivity index (χ2v) is 8.14. The number of amides is 2. The van der Waals surface area contributed by atoms with E-state index in [0.717, 1.165) is 42.9 Å². The molecule has 4 rings (SSSR count). The molecule has 0 spiro atoms. The fraction of sp³-hybridized carbons (Fsp3) is 0.364. The molecule has 1 atom stereocenters. The van der Waals surface area contributed by atoms with Crippen molar-refractivity contribution in [2.75, 3.05) is 0 Å². The van der Waals surface area contributed by atoms with Crippen molar-refractivity contribution in [1.82, 2.24) is 10.2 Å². The van der Waals surface area contributed by atoms with Crippen LogP contribution < -0.4 is 5.32 Å². The zero-order chi connectivity index (χ0) is 20.5. The molecule has 0 aromatic heterocycles. The summed E-state index contributed by atoms with van der Waals surface area (Å²) in [4.78, 5) is 27.9. The topological polar surface area (TPSA) is 89.9 Å². The lowest BCUT2D eigenvalue weighted by Crippen LogP contribution is -2.54. The van der Waals surface area contributed by atoms with Gasteiger partial charge in [-0.2, -0.15) is 0 Å². The van der Waals surface area contributed by atoms with Crippen LogP contribution in [0.1, 0.15) is 47.2 Å². The predicted molar refractivity (Wildman–Crippen MR) is 109 cm³/mol. The maximum absolute atomic E-state index is 13.3. The molecule has 29 heavy (non-hydrogen) atoms. The zero-order valence-corrected chi connectivity index (χ0v) is 16.7. The van der Waals surface area contributed by atoms with Gasteiger partial charge in [0.1, 0.15) is 17.5 Å². The molecule has 1 fully saturated rings. The summed E-state index contributed by atoms with van der Waals surface area (Å²) in [7, 11) is 0. The van der Waals surface area contributed by atoms with E-state index < -0.39 is 11.9 Å². The highest BCUT2D eigenvalue weighted by Crippen LogP contribution is 2.34. The number of nitrogens with one attached hydrogen (secondary N) is 1. The van der Waals surface area contributed by atoms with Gasteiger partial charge >= 0.3 is 0 Å². The first-order valence-electron chi connectivity index (χ1n) is 9.83. The summed E-state index contributed by atoms with van der Waals surface area (Å²) >= 11 is 5.95. The van der Waals surface area contributed by atoms with E-state index in [0.29, 0.717) is 6.42 Å². The molecule has 0 saturated heterocycles. The van der Waals surface area contributed by atoms with Crippen LogP contribution in [0.3, 0.4) is 0 Å². The molecular weight excluding hydrogens is 392 g/mol. The van der Waals surface area contributed by atoms with Crippen LogP contribution in [0, 0.1) is 0 Å². The van der Waals surface area contributed by atoms with Crippen LogP contribution in [0.4, 0.5) is 0 Å². The number of phenolic OH excluding ortho intramolecular Hbond substituents is 2.